The van der Waals surface area contributed by atoms with E-state index < -0.39 is 0 Å². The fourth-order valence-corrected chi connectivity index (χ4v) is 1.35. The lowest BCUT2D eigenvalue weighted by Crippen LogP contribution is -2.20. The standard InChI is InChI=1S/C10H10N4/c11-10(12)14-9-5-6-13-8-4-2-1-3-7(8)9/h1-6H,(H4,11,12,13,14). The molecule has 2 aromatic rings. The Kier molecular flexibility index (Phi) is 2.02. The number of nitrogens with two attached hydrogens (primary N) is 1. The monoisotopic (exact) mass is 186 g/mol. The van der Waals surface area contributed by atoms with Gasteiger partial charge in [-0.15, -0.1) is 0 Å². The molecule has 1 aromatic carbocycles. The first-order chi connectivity index (χ1) is 6.77. The lowest BCUT2D eigenvalue weighted by Gasteiger charge is -2.06. The van der Waals surface area contributed by atoms with Gasteiger partial charge in [-0.25, -0.2) is 0 Å². The number of aromatic nitrogens is 1. The van der Waals surface area contributed by atoms with E-state index in [-0.39, 0.29) is 5.96 Å². The van der Waals surface area contributed by atoms with Crippen LogP contribution >= 0.6 is 0 Å². The Bertz CT molecular complexity index is 473. The highest BCUT2D eigenvalue weighted by Crippen LogP contribution is 2.20. The molecule has 0 amide bonds. The van der Waals surface area contributed by atoms with E-state index in [0.717, 1.165) is 16.6 Å². The largest absolute Gasteiger partial charge is 0.370 e. The van der Waals surface area contributed by atoms with E-state index in [0.29, 0.717) is 0 Å². The second-order valence-corrected chi connectivity index (χ2v) is 2.91. The van der Waals surface area contributed by atoms with E-state index in [4.69, 9.17) is 11.1 Å². The van der Waals surface area contributed by atoms with Crippen LogP contribution in [0.15, 0.2) is 36.5 Å². The molecule has 0 aliphatic heterocycles. The van der Waals surface area contributed by atoms with Gasteiger partial charge < -0.3 is 11.1 Å². The highest BCUT2D eigenvalue weighted by molar-refractivity contribution is 6.00. The summed E-state index contributed by atoms with van der Waals surface area (Å²) in [7, 11) is 0. The van der Waals surface area contributed by atoms with Crippen LogP contribution in [-0.4, -0.2) is 10.9 Å². The van der Waals surface area contributed by atoms with Crippen molar-refractivity contribution < 1.29 is 0 Å². The zero-order valence-electron chi connectivity index (χ0n) is 7.49. The molecular weight excluding hydrogens is 176 g/mol. The summed E-state index contributed by atoms with van der Waals surface area (Å²) < 4.78 is 0. The predicted molar refractivity (Wildman–Crippen MR) is 57.3 cm³/mol. The van der Waals surface area contributed by atoms with E-state index in [1.807, 2.05) is 24.3 Å². The number of nitrogens with zero attached hydrogens (tertiary/aromatic N) is 1. The van der Waals surface area contributed by atoms with Crippen molar-refractivity contribution in [3.8, 4) is 0 Å². The fourth-order valence-electron chi connectivity index (χ4n) is 1.35. The molecule has 1 aromatic heterocycles. The molecule has 4 nitrogen and oxygen atoms in total. The lowest BCUT2D eigenvalue weighted by atomic mass is 10.2. The third-order valence-electron chi connectivity index (χ3n) is 1.92. The number of fused-ring (bicyclic) bond motifs is 1. The third kappa shape index (κ3) is 1.50. The van der Waals surface area contributed by atoms with Crippen molar-refractivity contribution in [1.29, 1.82) is 5.41 Å². The highest BCUT2D eigenvalue weighted by Gasteiger charge is 2.00. The summed E-state index contributed by atoms with van der Waals surface area (Å²) in [5.41, 5.74) is 6.96. The molecule has 70 valence electrons. The SMILES string of the molecule is N=C(N)Nc1ccnc2ccccc12. The van der Waals surface area contributed by atoms with Crippen LogP contribution in [0.2, 0.25) is 0 Å². The Hall–Kier alpha value is -2.10. The maximum atomic E-state index is 7.15. The third-order valence-corrected chi connectivity index (χ3v) is 1.92. The van der Waals surface area contributed by atoms with Crippen LogP contribution < -0.4 is 11.1 Å². The Morgan fingerprint density at radius 2 is 2.07 bits per heavy atom. The molecule has 4 heteroatoms. The topological polar surface area (TPSA) is 74.8 Å². The highest BCUT2D eigenvalue weighted by atomic mass is 15.0. The average Bonchev–Trinajstić information content (AvgIpc) is 2.18. The number of pyridine rings is 1. The first kappa shape index (κ1) is 8.50. The van der Waals surface area contributed by atoms with Crippen LogP contribution in [0.25, 0.3) is 10.9 Å². The van der Waals surface area contributed by atoms with E-state index >= 15 is 0 Å². The molecule has 0 bridgehead atoms. The van der Waals surface area contributed by atoms with E-state index in [2.05, 4.69) is 10.3 Å². The number of benzene rings is 1. The van der Waals surface area contributed by atoms with Gasteiger partial charge in [0.1, 0.15) is 0 Å². The van der Waals surface area contributed by atoms with Crippen LogP contribution in [0.3, 0.4) is 0 Å². The van der Waals surface area contributed by atoms with Gasteiger partial charge in [0.15, 0.2) is 5.96 Å². The molecule has 0 atom stereocenters. The van der Waals surface area contributed by atoms with Gasteiger partial charge in [-0.3, -0.25) is 10.4 Å². The van der Waals surface area contributed by atoms with Crippen molar-refractivity contribution in [3.63, 3.8) is 0 Å². The molecule has 14 heavy (non-hydrogen) atoms. The first-order valence-electron chi connectivity index (χ1n) is 4.22. The summed E-state index contributed by atoms with van der Waals surface area (Å²) in [5.74, 6) is -0.0682. The van der Waals surface area contributed by atoms with Gasteiger partial charge >= 0.3 is 0 Å². The Morgan fingerprint density at radius 3 is 2.86 bits per heavy atom. The average molecular weight is 186 g/mol. The Morgan fingerprint density at radius 1 is 1.29 bits per heavy atom. The van der Waals surface area contributed by atoms with Crippen LogP contribution in [-0.2, 0) is 0 Å². The van der Waals surface area contributed by atoms with E-state index in [1.54, 1.807) is 12.3 Å². The van der Waals surface area contributed by atoms with Gasteiger partial charge in [-0.2, -0.15) is 0 Å². The molecule has 0 unspecified atom stereocenters. The molecule has 4 N–H and O–H groups in total. The molecule has 0 aliphatic carbocycles. The second-order valence-electron chi connectivity index (χ2n) is 2.91. The number of anilines is 1. The quantitative estimate of drug-likeness (QED) is 0.467. The normalized spacial score (nSPS) is 10.0. The summed E-state index contributed by atoms with van der Waals surface area (Å²) in [4.78, 5) is 4.20. The van der Waals surface area contributed by atoms with Crippen LogP contribution in [0.4, 0.5) is 5.69 Å². The zero-order valence-corrected chi connectivity index (χ0v) is 7.49. The van der Waals surface area contributed by atoms with Crippen molar-refractivity contribution in [2.24, 2.45) is 5.73 Å². The minimum absolute atomic E-state index is 0.0682. The summed E-state index contributed by atoms with van der Waals surface area (Å²) >= 11 is 0. The second kappa shape index (κ2) is 3.33. The summed E-state index contributed by atoms with van der Waals surface area (Å²) in [6, 6.07) is 9.50. The Labute approximate surface area is 81.3 Å². The molecule has 0 fully saturated rings. The van der Waals surface area contributed by atoms with Gasteiger partial charge in [0, 0.05) is 11.6 Å². The number of rotatable bonds is 1. The predicted octanol–water partition coefficient (Wildman–Crippen LogP) is 1.54. The number of para-hydroxylation sites is 1. The zero-order chi connectivity index (χ0) is 9.97. The van der Waals surface area contributed by atoms with E-state index in [1.165, 1.54) is 0 Å². The van der Waals surface area contributed by atoms with Crippen molar-refractivity contribution >= 4 is 22.5 Å². The van der Waals surface area contributed by atoms with Crippen molar-refractivity contribution in [3.05, 3.63) is 36.5 Å². The van der Waals surface area contributed by atoms with Gasteiger partial charge in [0.05, 0.1) is 11.2 Å². The molecule has 0 saturated carbocycles. The molecule has 0 spiro atoms. The van der Waals surface area contributed by atoms with Crippen molar-refractivity contribution in [2.45, 2.75) is 0 Å². The minimum Gasteiger partial charge on any atom is -0.370 e. The van der Waals surface area contributed by atoms with Gasteiger partial charge in [-0.1, -0.05) is 18.2 Å². The van der Waals surface area contributed by atoms with Gasteiger partial charge in [-0.05, 0) is 12.1 Å². The van der Waals surface area contributed by atoms with Gasteiger partial charge in [0.2, 0.25) is 0 Å². The molecule has 0 radical (unpaired) electrons. The van der Waals surface area contributed by atoms with Crippen molar-refractivity contribution in [2.75, 3.05) is 5.32 Å². The number of nitrogens with one attached hydrogen (secondary N) is 2. The van der Waals surface area contributed by atoms with Crippen molar-refractivity contribution in [1.82, 2.24) is 4.98 Å². The van der Waals surface area contributed by atoms with Gasteiger partial charge in [0.25, 0.3) is 0 Å². The van der Waals surface area contributed by atoms with Crippen LogP contribution in [0.1, 0.15) is 0 Å². The molecule has 1 heterocycles. The van der Waals surface area contributed by atoms with Crippen LogP contribution in [0, 0.1) is 5.41 Å². The Balaban J connectivity index is 2.59. The van der Waals surface area contributed by atoms with Crippen LogP contribution in [0.5, 0.6) is 0 Å². The molecule has 2 rings (SSSR count). The lowest BCUT2D eigenvalue weighted by molar-refractivity contribution is 1.38. The smallest absolute Gasteiger partial charge is 0.190 e. The number of hydrogen-bond donors (Lipinski definition) is 3. The maximum absolute atomic E-state index is 7.15. The minimum atomic E-state index is -0.0682. The van der Waals surface area contributed by atoms with E-state index in [9.17, 15) is 0 Å². The molecule has 0 aliphatic rings. The molecular formula is C10H10N4. The fraction of sp³-hybridized carbons (Fsp3) is 0. The number of guanidine groups is 1. The maximum Gasteiger partial charge on any atom is 0.190 e. The summed E-state index contributed by atoms with van der Waals surface area (Å²) in [6.45, 7) is 0. The summed E-state index contributed by atoms with van der Waals surface area (Å²) in [5, 5.41) is 10.9. The number of hydrogen-bond acceptors (Lipinski definition) is 2. The molecule has 0 saturated heterocycles. The summed E-state index contributed by atoms with van der Waals surface area (Å²) in [6.07, 6.45) is 1.69. The first-order valence-corrected chi connectivity index (χ1v) is 4.22.